The molecule has 0 spiro atoms. The molecular formula is C21H21ClN2O2S. The lowest BCUT2D eigenvalue weighted by atomic mass is 9.89. The van der Waals surface area contributed by atoms with Crippen LogP contribution in [0.4, 0.5) is 0 Å². The van der Waals surface area contributed by atoms with Gasteiger partial charge in [0.1, 0.15) is 5.75 Å². The highest BCUT2D eigenvalue weighted by atomic mass is 35.5. The standard InChI is InChI=1S/C21H21ClN2O2S/c1-3-11-26-17-10-9-15(22)12-16(17)19-18(13(2)23-21(27)24-19)20(25)14-7-5-4-6-8-14/h4-10,12,19H,3,11H2,1-2H3,(H2,23,24,27). The summed E-state index contributed by atoms with van der Waals surface area (Å²) in [5.74, 6) is 0.622. The number of thiocarbonyl (C=S) groups is 1. The van der Waals surface area contributed by atoms with Crippen LogP contribution in [-0.2, 0) is 0 Å². The third-order valence-electron chi connectivity index (χ3n) is 4.29. The summed E-state index contributed by atoms with van der Waals surface area (Å²) in [5.41, 5.74) is 2.72. The van der Waals surface area contributed by atoms with Gasteiger partial charge in [-0.1, -0.05) is 48.9 Å². The molecular weight excluding hydrogens is 380 g/mol. The molecule has 4 nitrogen and oxygen atoms in total. The van der Waals surface area contributed by atoms with Crippen molar-refractivity contribution in [3.63, 3.8) is 0 Å². The van der Waals surface area contributed by atoms with Gasteiger partial charge in [0.2, 0.25) is 0 Å². The Kier molecular flexibility index (Phi) is 6.14. The maximum Gasteiger partial charge on any atom is 0.193 e. The second kappa shape index (κ2) is 8.55. The third kappa shape index (κ3) is 4.31. The lowest BCUT2D eigenvalue weighted by Gasteiger charge is -2.31. The molecule has 1 unspecified atom stereocenters. The molecule has 1 heterocycles. The summed E-state index contributed by atoms with van der Waals surface area (Å²) >= 11 is 11.6. The average Bonchev–Trinajstić information content (AvgIpc) is 2.66. The first kappa shape index (κ1) is 19.4. The Balaban J connectivity index is 2.09. The lowest BCUT2D eigenvalue weighted by Crippen LogP contribution is -2.45. The molecule has 0 amide bonds. The van der Waals surface area contributed by atoms with Gasteiger partial charge < -0.3 is 15.4 Å². The van der Waals surface area contributed by atoms with E-state index in [0.717, 1.165) is 17.7 Å². The molecule has 2 N–H and O–H groups in total. The van der Waals surface area contributed by atoms with E-state index in [1.807, 2.05) is 44.2 Å². The molecule has 2 aromatic carbocycles. The Hall–Kier alpha value is -2.37. The normalized spacial score (nSPS) is 16.6. The molecule has 27 heavy (non-hydrogen) atoms. The minimum absolute atomic E-state index is 0.0676. The highest BCUT2D eigenvalue weighted by molar-refractivity contribution is 7.80. The van der Waals surface area contributed by atoms with E-state index in [-0.39, 0.29) is 5.78 Å². The third-order valence-corrected chi connectivity index (χ3v) is 4.75. The SMILES string of the molecule is CCCOc1ccc(Cl)cc1C1NC(=S)NC(C)=C1C(=O)c1ccccc1. The highest BCUT2D eigenvalue weighted by Gasteiger charge is 2.32. The molecule has 2 aromatic rings. The lowest BCUT2D eigenvalue weighted by molar-refractivity contribution is 0.102. The predicted octanol–water partition coefficient (Wildman–Crippen LogP) is 4.80. The molecule has 0 saturated carbocycles. The summed E-state index contributed by atoms with van der Waals surface area (Å²) in [4.78, 5) is 13.3. The van der Waals surface area contributed by atoms with Crippen LogP contribution in [0.1, 0.15) is 42.2 Å². The number of hydrogen-bond donors (Lipinski definition) is 2. The molecule has 3 rings (SSSR count). The zero-order valence-corrected chi connectivity index (χ0v) is 16.8. The van der Waals surface area contributed by atoms with Crippen LogP contribution in [0.15, 0.2) is 59.8 Å². The number of halogens is 1. The average molecular weight is 401 g/mol. The van der Waals surface area contributed by atoms with E-state index in [9.17, 15) is 4.79 Å². The number of carbonyl (C=O) groups excluding carboxylic acids is 1. The summed E-state index contributed by atoms with van der Waals surface area (Å²) in [6.45, 7) is 4.48. The van der Waals surface area contributed by atoms with Gasteiger partial charge >= 0.3 is 0 Å². The van der Waals surface area contributed by atoms with E-state index in [0.29, 0.717) is 33.6 Å². The van der Waals surface area contributed by atoms with Crippen molar-refractivity contribution in [2.24, 2.45) is 0 Å². The second-order valence-corrected chi connectivity index (χ2v) is 7.14. The van der Waals surface area contributed by atoms with Crippen LogP contribution < -0.4 is 15.4 Å². The van der Waals surface area contributed by atoms with Crippen LogP contribution in [0.5, 0.6) is 5.75 Å². The van der Waals surface area contributed by atoms with Crippen LogP contribution in [0.25, 0.3) is 0 Å². The fourth-order valence-electron chi connectivity index (χ4n) is 3.06. The van der Waals surface area contributed by atoms with Crippen LogP contribution in [-0.4, -0.2) is 17.5 Å². The van der Waals surface area contributed by atoms with Crippen molar-refractivity contribution in [1.82, 2.24) is 10.6 Å². The van der Waals surface area contributed by atoms with Gasteiger partial charge in [-0.25, -0.2) is 0 Å². The predicted molar refractivity (Wildman–Crippen MR) is 112 cm³/mol. The quantitative estimate of drug-likeness (QED) is 0.538. The van der Waals surface area contributed by atoms with Crippen LogP contribution >= 0.6 is 23.8 Å². The van der Waals surface area contributed by atoms with Crippen LogP contribution in [0, 0.1) is 0 Å². The first-order chi connectivity index (χ1) is 13.0. The number of rotatable bonds is 6. The van der Waals surface area contributed by atoms with E-state index in [4.69, 9.17) is 28.6 Å². The second-order valence-electron chi connectivity index (χ2n) is 6.30. The van der Waals surface area contributed by atoms with Crippen LogP contribution in [0.2, 0.25) is 5.02 Å². The largest absolute Gasteiger partial charge is 0.493 e. The van der Waals surface area contributed by atoms with Crippen molar-refractivity contribution >= 4 is 34.7 Å². The first-order valence-electron chi connectivity index (χ1n) is 8.81. The van der Waals surface area contributed by atoms with Crippen molar-refractivity contribution in [3.05, 3.63) is 76.0 Å². The van der Waals surface area contributed by atoms with Gasteiger partial charge in [0, 0.05) is 27.4 Å². The van der Waals surface area contributed by atoms with Gasteiger partial charge in [-0.3, -0.25) is 4.79 Å². The molecule has 1 aliphatic rings. The van der Waals surface area contributed by atoms with Crippen molar-refractivity contribution in [3.8, 4) is 5.75 Å². The van der Waals surface area contributed by atoms with Gasteiger partial charge in [0.05, 0.1) is 12.6 Å². The molecule has 0 radical (unpaired) electrons. The molecule has 0 aromatic heterocycles. The zero-order chi connectivity index (χ0) is 19.4. The van der Waals surface area contributed by atoms with Gasteiger partial charge in [-0.2, -0.15) is 0 Å². The number of ether oxygens (including phenoxy) is 1. The Morgan fingerprint density at radius 2 is 1.96 bits per heavy atom. The number of allylic oxidation sites excluding steroid dienone is 1. The Morgan fingerprint density at radius 3 is 2.67 bits per heavy atom. The molecule has 0 aliphatic carbocycles. The number of hydrogen-bond acceptors (Lipinski definition) is 3. The summed E-state index contributed by atoms with van der Waals surface area (Å²) in [6.07, 6.45) is 0.880. The fourth-order valence-corrected chi connectivity index (χ4v) is 3.51. The van der Waals surface area contributed by atoms with Gasteiger partial charge in [0.15, 0.2) is 10.9 Å². The Morgan fingerprint density at radius 1 is 1.22 bits per heavy atom. The molecule has 1 aliphatic heterocycles. The fraction of sp³-hybridized carbons (Fsp3) is 0.238. The molecule has 140 valence electrons. The molecule has 0 saturated heterocycles. The summed E-state index contributed by atoms with van der Waals surface area (Å²) < 4.78 is 5.90. The summed E-state index contributed by atoms with van der Waals surface area (Å²) in [7, 11) is 0. The maximum absolute atomic E-state index is 13.3. The molecule has 0 bridgehead atoms. The Labute approximate surface area is 169 Å². The van der Waals surface area contributed by atoms with Gasteiger partial charge in [-0.15, -0.1) is 0 Å². The number of ketones is 1. The smallest absolute Gasteiger partial charge is 0.193 e. The molecule has 6 heteroatoms. The number of nitrogens with one attached hydrogen (secondary N) is 2. The van der Waals surface area contributed by atoms with Crippen molar-refractivity contribution in [1.29, 1.82) is 0 Å². The van der Waals surface area contributed by atoms with E-state index in [2.05, 4.69) is 10.6 Å². The number of Topliss-reactive ketones (excluding diaryl/α,β-unsaturated/α-hetero) is 1. The van der Waals surface area contributed by atoms with Gasteiger partial charge in [-0.05, 0) is 43.8 Å². The highest BCUT2D eigenvalue weighted by Crippen LogP contribution is 2.36. The monoisotopic (exact) mass is 400 g/mol. The molecule has 1 atom stereocenters. The topological polar surface area (TPSA) is 50.4 Å². The van der Waals surface area contributed by atoms with Crippen LogP contribution in [0.3, 0.4) is 0 Å². The van der Waals surface area contributed by atoms with Crippen molar-refractivity contribution < 1.29 is 9.53 Å². The minimum Gasteiger partial charge on any atom is -0.493 e. The van der Waals surface area contributed by atoms with E-state index >= 15 is 0 Å². The minimum atomic E-state index is -0.447. The van der Waals surface area contributed by atoms with Crippen molar-refractivity contribution in [2.75, 3.05) is 6.61 Å². The number of benzene rings is 2. The number of carbonyl (C=O) groups is 1. The maximum atomic E-state index is 13.3. The van der Waals surface area contributed by atoms with E-state index in [1.165, 1.54) is 0 Å². The van der Waals surface area contributed by atoms with E-state index in [1.54, 1.807) is 18.2 Å². The first-order valence-corrected chi connectivity index (χ1v) is 9.60. The Bertz CT molecular complexity index is 896. The zero-order valence-electron chi connectivity index (χ0n) is 15.2. The summed E-state index contributed by atoms with van der Waals surface area (Å²) in [5, 5.41) is 7.31. The van der Waals surface area contributed by atoms with Crippen molar-refractivity contribution in [2.45, 2.75) is 26.3 Å². The van der Waals surface area contributed by atoms with E-state index < -0.39 is 6.04 Å². The molecule has 0 fully saturated rings. The van der Waals surface area contributed by atoms with Gasteiger partial charge in [0.25, 0.3) is 0 Å². The summed E-state index contributed by atoms with van der Waals surface area (Å²) in [6, 6.07) is 14.2.